The van der Waals surface area contributed by atoms with Gasteiger partial charge in [0.15, 0.2) is 5.13 Å². The highest BCUT2D eigenvalue weighted by atomic mass is 32.1. The van der Waals surface area contributed by atoms with E-state index < -0.39 is 17.4 Å². The number of nitrogens with zero attached hydrogens (tertiary/aromatic N) is 3. The molecule has 1 saturated carbocycles. The van der Waals surface area contributed by atoms with Crippen molar-refractivity contribution in [2.45, 2.75) is 25.3 Å². The minimum Gasteiger partial charge on any atom is -0.343 e. The Kier molecular flexibility index (Phi) is 5.10. The minimum atomic E-state index is -0.533. The van der Waals surface area contributed by atoms with Crippen molar-refractivity contribution in [1.29, 1.82) is 5.26 Å². The van der Waals surface area contributed by atoms with Crippen LogP contribution in [0, 0.1) is 24.1 Å². The molecule has 2 N–H and O–H groups in total. The van der Waals surface area contributed by atoms with Crippen LogP contribution in [0.4, 0.5) is 9.52 Å². The van der Waals surface area contributed by atoms with Crippen LogP contribution in [0.5, 0.6) is 0 Å². The number of aryl methyl sites for hydroxylation is 1. The van der Waals surface area contributed by atoms with Crippen LogP contribution in [-0.2, 0) is 10.3 Å². The van der Waals surface area contributed by atoms with E-state index in [-0.39, 0.29) is 12.4 Å². The Morgan fingerprint density at radius 3 is 2.90 bits per heavy atom. The molecule has 0 aliphatic heterocycles. The molecule has 2 amide bonds. The van der Waals surface area contributed by atoms with Gasteiger partial charge in [-0.05, 0) is 37.5 Å². The lowest BCUT2D eigenvalue weighted by Gasteiger charge is -2.07. The molecule has 30 heavy (non-hydrogen) atoms. The van der Waals surface area contributed by atoms with E-state index in [0.717, 1.165) is 12.8 Å². The average Bonchev–Trinajstić information content (AvgIpc) is 3.14. The number of amides is 2. The number of nitrogens with one attached hydrogen (secondary N) is 2. The zero-order valence-corrected chi connectivity index (χ0v) is 16.9. The van der Waals surface area contributed by atoms with Gasteiger partial charge in [0.25, 0.3) is 5.91 Å². The highest BCUT2D eigenvalue weighted by Crippen LogP contribution is 2.42. The standard InChI is InChI=1S/C21H18FN5O2S/c1-13-3-2-4-15(18(13)22)16-11-30-20(25-16)26-17(28)9-24-19(29)14-5-8-27(10-14)21(12-23)6-7-21/h2-5,8,10-11H,6-7,9H2,1H3,(H,24,29)(H,25,26,28). The molecule has 1 aliphatic rings. The Bertz CT molecular complexity index is 1170. The molecule has 9 heteroatoms. The highest BCUT2D eigenvalue weighted by Gasteiger charge is 2.44. The van der Waals surface area contributed by atoms with Crippen LogP contribution in [0.25, 0.3) is 11.3 Å². The molecule has 2 heterocycles. The molecule has 0 bridgehead atoms. The molecular weight excluding hydrogens is 405 g/mol. The maximum Gasteiger partial charge on any atom is 0.253 e. The van der Waals surface area contributed by atoms with E-state index in [4.69, 9.17) is 0 Å². The van der Waals surface area contributed by atoms with E-state index in [1.54, 1.807) is 53.5 Å². The predicted octanol–water partition coefficient (Wildman–Crippen LogP) is 3.44. The van der Waals surface area contributed by atoms with Crippen LogP contribution in [0.3, 0.4) is 0 Å². The van der Waals surface area contributed by atoms with Crippen LogP contribution in [0.2, 0.25) is 0 Å². The molecule has 0 spiro atoms. The number of carbonyl (C=O) groups is 2. The maximum atomic E-state index is 14.2. The molecule has 2 aromatic heterocycles. The van der Waals surface area contributed by atoms with Crippen LogP contribution in [0.1, 0.15) is 28.8 Å². The first-order valence-electron chi connectivity index (χ1n) is 9.31. The van der Waals surface area contributed by atoms with E-state index in [1.807, 2.05) is 0 Å². The Morgan fingerprint density at radius 1 is 1.37 bits per heavy atom. The number of aromatic nitrogens is 2. The molecule has 3 aromatic rings. The van der Waals surface area contributed by atoms with Gasteiger partial charge in [-0.15, -0.1) is 11.3 Å². The van der Waals surface area contributed by atoms with Crippen molar-refractivity contribution in [3.05, 3.63) is 59.0 Å². The van der Waals surface area contributed by atoms with Gasteiger partial charge in [0, 0.05) is 23.3 Å². The number of rotatable bonds is 6. The van der Waals surface area contributed by atoms with Crippen LogP contribution >= 0.6 is 11.3 Å². The number of halogens is 1. The highest BCUT2D eigenvalue weighted by molar-refractivity contribution is 7.14. The zero-order valence-electron chi connectivity index (χ0n) is 16.1. The summed E-state index contributed by atoms with van der Waals surface area (Å²) >= 11 is 1.18. The molecule has 1 fully saturated rings. The van der Waals surface area contributed by atoms with E-state index >= 15 is 0 Å². The summed E-state index contributed by atoms with van der Waals surface area (Å²) in [6, 6.07) is 8.93. The summed E-state index contributed by atoms with van der Waals surface area (Å²) in [5, 5.41) is 16.4. The van der Waals surface area contributed by atoms with Gasteiger partial charge in [-0.3, -0.25) is 9.59 Å². The van der Waals surface area contributed by atoms with Gasteiger partial charge in [-0.2, -0.15) is 5.26 Å². The fourth-order valence-electron chi connectivity index (χ4n) is 3.07. The third-order valence-corrected chi connectivity index (χ3v) is 5.77. The fourth-order valence-corrected chi connectivity index (χ4v) is 3.80. The first kappa shape index (κ1) is 19.8. The number of hydrogen-bond acceptors (Lipinski definition) is 5. The number of carbonyl (C=O) groups excluding carboxylic acids is 2. The van der Waals surface area contributed by atoms with E-state index in [2.05, 4.69) is 21.7 Å². The van der Waals surface area contributed by atoms with Crippen molar-refractivity contribution in [3.63, 3.8) is 0 Å². The van der Waals surface area contributed by atoms with Crippen molar-refractivity contribution >= 4 is 28.3 Å². The van der Waals surface area contributed by atoms with Crippen molar-refractivity contribution in [2.24, 2.45) is 0 Å². The van der Waals surface area contributed by atoms with Gasteiger partial charge >= 0.3 is 0 Å². The number of anilines is 1. The van der Waals surface area contributed by atoms with Crippen LogP contribution in [-0.4, -0.2) is 27.9 Å². The monoisotopic (exact) mass is 423 g/mol. The molecule has 0 radical (unpaired) electrons. The molecule has 1 aromatic carbocycles. The van der Waals surface area contributed by atoms with E-state index in [1.165, 1.54) is 11.3 Å². The SMILES string of the molecule is Cc1cccc(-c2csc(NC(=O)CNC(=O)c3ccn(C4(C#N)CC4)c3)n2)c1F. The summed E-state index contributed by atoms with van der Waals surface area (Å²) in [5.41, 5.74) is 1.18. The predicted molar refractivity (Wildman–Crippen MR) is 110 cm³/mol. The number of nitriles is 1. The first-order chi connectivity index (χ1) is 14.4. The van der Waals surface area contributed by atoms with Gasteiger partial charge < -0.3 is 15.2 Å². The summed E-state index contributed by atoms with van der Waals surface area (Å²) in [5.74, 6) is -1.19. The third-order valence-electron chi connectivity index (χ3n) is 5.01. The normalized spacial score (nSPS) is 14.0. The van der Waals surface area contributed by atoms with Crippen molar-refractivity contribution in [1.82, 2.24) is 14.9 Å². The zero-order chi connectivity index (χ0) is 21.3. The summed E-state index contributed by atoms with van der Waals surface area (Å²) in [6.45, 7) is 1.44. The second-order valence-electron chi connectivity index (χ2n) is 7.16. The topological polar surface area (TPSA) is 99.8 Å². The first-order valence-corrected chi connectivity index (χ1v) is 10.2. The second-order valence-corrected chi connectivity index (χ2v) is 8.01. The molecule has 1 aliphatic carbocycles. The number of thiazole rings is 1. The van der Waals surface area contributed by atoms with Gasteiger partial charge in [-0.25, -0.2) is 9.37 Å². The van der Waals surface area contributed by atoms with Crippen LogP contribution < -0.4 is 10.6 Å². The minimum absolute atomic E-state index is 0.235. The van der Waals surface area contributed by atoms with Crippen molar-refractivity contribution in [2.75, 3.05) is 11.9 Å². The van der Waals surface area contributed by atoms with Crippen molar-refractivity contribution < 1.29 is 14.0 Å². The Hall–Kier alpha value is -3.51. The lowest BCUT2D eigenvalue weighted by atomic mass is 10.1. The largest absolute Gasteiger partial charge is 0.343 e. The Balaban J connectivity index is 1.33. The Morgan fingerprint density at radius 2 is 2.17 bits per heavy atom. The smallest absolute Gasteiger partial charge is 0.253 e. The Labute approximate surface area is 176 Å². The van der Waals surface area contributed by atoms with Gasteiger partial charge in [0.05, 0.1) is 23.9 Å². The molecule has 0 unspecified atom stereocenters. The summed E-state index contributed by atoms with van der Waals surface area (Å²) in [4.78, 5) is 28.7. The third kappa shape index (κ3) is 3.82. The molecule has 152 valence electrons. The molecule has 7 nitrogen and oxygen atoms in total. The molecular formula is C21H18FN5O2S. The summed E-state index contributed by atoms with van der Waals surface area (Å²) < 4.78 is 16.0. The van der Waals surface area contributed by atoms with Gasteiger partial charge in [-0.1, -0.05) is 12.1 Å². The fraction of sp³-hybridized carbons (Fsp3) is 0.238. The van der Waals surface area contributed by atoms with E-state index in [9.17, 15) is 19.2 Å². The van der Waals surface area contributed by atoms with Crippen LogP contribution in [0.15, 0.2) is 42.0 Å². The van der Waals surface area contributed by atoms with E-state index in [0.29, 0.717) is 27.5 Å². The van der Waals surface area contributed by atoms with Gasteiger partial charge in [0.1, 0.15) is 11.4 Å². The quantitative estimate of drug-likeness (QED) is 0.634. The molecule has 4 rings (SSSR count). The van der Waals surface area contributed by atoms with Gasteiger partial charge in [0.2, 0.25) is 5.91 Å². The lowest BCUT2D eigenvalue weighted by Crippen LogP contribution is -2.32. The molecule has 0 saturated heterocycles. The number of benzene rings is 1. The lowest BCUT2D eigenvalue weighted by molar-refractivity contribution is -0.115. The van der Waals surface area contributed by atoms with Crippen molar-refractivity contribution in [3.8, 4) is 17.3 Å². The summed E-state index contributed by atoms with van der Waals surface area (Å²) in [6.07, 6.45) is 4.85. The second kappa shape index (κ2) is 7.72. The summed E-state index contributed by atoms with van der Waals surface area (Å²) in [7, 11) is 0. The number of hydrogen-bond donors (Lipinski definition) is 2. The average molecular weight is 423 g/mol. The molecule has 0 atom stereocenters. The maximum absolute atomic E-state index is 14.2.